The topological polar surface area (TPSA) is 50.4 Å². The molecule has 0 atom stereocenters. The van der Waals surface area contributed by atoms with Crippen molar-refractivity contribution in [3.05, 3.63) is 56.5 Å². The zero-order chi connectivity index (χ0) is 17.7. The Bertz CT molecular complexity index is 787. The smallest absolute Gasteiger partial charge is 0.257 e. The van der Waals surface area contributed by atoms with E-state index in [0.29, 0.717) is 38.1 Å². The van der Waals surface area contributed by atoms with Gasteiger partial charge in [-0.2, -0.15) is 0 Å². The lowest BCUT2D eigenvalue weighted by molar-refractivity contribution is 0.0977. The zero-order valence-electron chi connectivity index (χ0n) is 12.5. The van der Waals surface area contributed by atoms with E-state index in [1.165, 1.54) is 0 Å². The molecule has 2 aromatic carbocycles. The summed E-state index contributed by atoms with van der Waals surface area (Å²) in [6, 6.07) is 10.0. The van der Waals surface area contributed by atoms with E-state index < -0.39 is 0 Å². The molecule has 0 aliphatic carbocycles. The van der Waals surface area contributed by atoms with E-state index in [2.05, 4.69) is 26.6 Å². The summed E-state index contributed by atoms with van der Waals surface area (Å²) in [5.74, 6) is 0.335. The van der Waals surface area contributed by atoms with Crippen molar-refractivity contribution in [3.8, 4) is 5.75 Å². The standard InChI is InChI=1S/C16H13BrCl2N2O2S/c1-2-23-14-6-3-9(7-11(14)17)15(22)21-16(24)20-10-4-5-12(18)13(19)8-10/h3-8H,2H2,1H3,(H2,20,21,22,24). The molecule has 24 heavy (non-hydrogen) atoms. The van der Waals surface area contributed by atoms with Crippen LogP contribution in [0.3, 0.4) is 0 Å². The first-order valence-electron chi connectivity index (χ1n) is 6.90. The maximum atomic E-state index is 12.2. The highest BCUT2D eigenvalue weighted by atomic mass is 79.9. The van der Waals surface area contributed by atoms with E-state index in [1.54, 1.807) is 36.4 Å². The molecule has 0 unspecified atom stereocenters. The first-order chi connectivity index (χ1) is 11.4. The van der Waals surface area contributed by atoms with Gasteiger partial charge in [-0.15, -0.1) is 0 Å². The number of ether oxygens (including phenoxy) is 1. The van der Waals surface area contributed by atoms with Crippen LogP contribution in [0.1, 0.15) is 17.3 Å². The fourth-order valence-corrected chi connectivity index (χ4v) is 2.83. The van der Waals surface area contributed by atoms with Crippen molar-refractivity contribution in [2.75, 3.05) is 11.9 Å². The minimum atomic E-state index is -0.337. The van der Waals surface area contributed by atoms with Crippen LogP contribution >= 0.6 is 51.3 Å². The Labute approximate surface area is 163 Å². The summed E-state index contributed by atoms with van der Waals surface area (Å²) < 4.78 is 6.11. The van der Waals surface area contributed by atoms with Gasteiger partial charge in [-0.25, -0.2) is 0 Å². The third kappa shape index (κ3) is 5.08. The van der Waals surface area contributed by atoms with E-state index in [1.807, 2.05) is 6.92 Å². The van der Waals surface area contributed by atoms with Crippen LogP contribution < -0.4 is 15.4 Å². The normalized spacial score (nSPS) is 10.2. The van der Waals surface area contributed by atoms with Gasteiger partial charge in [-0.3, -0.25) is 10.1 Å². The fourth-order valence-electron chi connectivity index (χ4n) is 1.83. The van der Waals surface area contributed by atoms with E-state index >= 15 is 0 Å². The maximum Gasteiger partial charge on any atom is 0.257 e. The van der Waals surface area contributed by atoms with Gasteiger partial charge in [0, 0.05) is 11.3 Å². The molecule has 0 fully saturated rings. The van der Waals surface area contributed by atoms with Crippen LogP contribution in [0.15, 0.2) is 40.9 Å². The average Bonchev–Trinajstić information content (AvgIpc) is 2.53. The summed E-state index contributed by atoms with van der Waals surface area (Å²) in [4.78, 5) is 12.2. The summed E-state index contributed by atoms with van der Waals surface area (Å²) in [7, 11) is 0. The molecule has 0 radical (unpaired) electrons. The zero-order valence-corrected chi connectivity index (χ0v) is 16.4. The first kappa shape index (κ1) is 19.0. The molecule has 0 spiro atoms. The predicted octanol–water partition coefficient (Wildman–Crippen LogP) is 5.28. The molecular weight excluding hydrogens is 435 g/mol. The van der Waals surface area contributed by atoms with Crippen molar-refractivity contribution in [1.29, 1.82) is 0 Å². The number of hydrogen-bond donors (Lipinski definition) is 2. The van der Waals surface area contributed by atoms with Crippen molar-refractivity contribution >= 4 is 68.1 Å². The van der Waals surface area contributed by atoms with Crippen molar-refractivity contribution < 1.29 is 9.53 Å². The van der Waals surface area contributed by atoms with Crippen LogP contribution in [0.25, 0.3) is 0 Å². The first-order valence-corrected chi connectivity index (χ1v) is 8.86. The van der Waals surface area contributed by atoms with Gasteiger partial charge < -0.3 is 10.1 Å². The minimum Gasteiger partial charge on any atom is -0.493 e. The number of halogens is 3. The maximum absolute atomic E-state index is 12.2. The van der Waals surface area contributed by atoms with Gasteiger partial charge in [0.25, 0.3) is 5.91 Å². The van der Waals surface area contributed by atoms with E-state index in [-0.39, 0.29) is 11.0 Å². The summed E-state index contributed by atoms with van der Waals surface area (Å²) in [6.07, 6.45) is 0. The van der Waals surface area contributed by atoms with Gasteiger partial charge in [0.05, 0.1) is 21.1 Å². The molecule has 0 saturated heterocycles. The fraction of sp³-hybridized carbons (Fsp3) is 0.125. The highest BCUT2D eigenvalue weighted by molar-refractivity contribution is 9.10. The molecule has 4 nitrogen and oxygen atoms in total. The van der Waals surface area contributed by atoms with Gasteiger partial charge in [0.15, 0.2) is 5.11 Å². The number of hydrogen-bond acceptors (Lipinski definition) is 3. The monoisotopic (exact) mass is 446 g/mol. The van der Waals surface area contributed by atoms with E-state index in [0.717, 1.165) is 0 Å². The Kier molecular flexibility index (Phi) is 6.86. The molecule has 0 aliphatic rings. The number of thiocarbonyl (C=S) groups is 1. The molecule has 0 aromatic heterocycles. The predicted molar refractivity (Wildman–Crippen MR) is 105 cm³/mol. The second-order valence-electron chi connectivity index (χ2n) is 4.62. The van der Waals surface area contributed by atoms with Gasteiger partial charge >= 0.3 is 0 Å². The Morgan fingerprint density at radius 1 is 1.21 bits per heavy atom. The van der Waals surface area contributed by atoms with Crippen molar-refractivity contribution in [2.45, 2.75) is 6.92 Å². The molecule has 2 aromatic rings. The van der Waals surface area contributed by atoms with E-state index in [9.17, 15) is 4.79 Å². The lowest BCUT2D eigenvalue weighted by Gasteiger charge is -2.11. The molecule has 2 N–H and O–H groups in total. The minimum absolute atomic E-state index is 0.156. The Hall–Kier alpha value is -1.34. The summed E-state index contributed by atoms with van der Waals surface area (Å²) >= 11 is 20.3. The van der Waals surface area contributed by atoms with Crippen LogP contribution in [0, 0.1) is 0 Å². The number of carbonyl (C=O) groups excluding carboxylic acids is 1. The average molecular weight is 448 g/mol. The Morgan fingerprint density at radius 3 is 2.58 bits per heavy atom. The molecule has 2 rings (SSSR count). The van der Waals surface area contributed by atoms with Gasteiger partial charge in [-0.1, -0.05) is 23.2 Å². The van der Waals surface area contributed by atoms with Crippen LogP contribution in [-0.2, 0) is 0 Å². The molecule has 126 valence electrons. The number of anilines is 1. The molecule has 0 aliphatic heterocycles. The number of benzene rings is 2. The van der Waals surface area contributed by atoms with Gasteiger partial charge in [-0.05, 0) is 71.5 Å². The number of nitrogens with one attached hydrogen (secondary N) is 2. The summed E-state index contributed by atoms with van der Waals surface area (Å²) in [6.45, 7) is 2.43. The van der Waals surface area contributed by atoms with Crippen molar-refractivity contribution in [3.63, 3.8) is 0 Å². The van der Waals surface area contributed by atoms with Crippen LogP contribution in [0.5, 0.6) is 5.75 Å². The number of carbonyl (C=O) groups is 1. The highest BCUT2D eigenvalue weighted by Gasteiger charge is 2.11. The SMILES string of the molecule is CCOc1ccc(C(=O)NC(=S)Nc2ccc(Cl)c(Cl)c2)cc1Br. The lowest BCUT2D eigenvalue weighted by Crippen LogP contribution is -2.34. The third-order valence-electron chi connectivity index (χ3n) is 2.90. The summed E-state index contributed by atoms with van der Waals surface area (Å²) in [5.41, 5.74) is 1.08. The Morgan fingerprint density at radius 2 is 1.96 bits per heavy atom. The lowest BCUT2D eigenvalue weighted by atomic mass is 10.2. The van der Waals surface area contributed by atoms with E-state index in [4.69, 9.17) is 40.2 Å². The molecule has 0 bridgehead atoms. The number of rotatable bonds is 4. The van der Waals surface area contributed by atoms with Crippen LogP contribution in [0.2, 0.25) is 10.0 Å². The highest BCUT2D eigenvalue weighted by Crippen LogP contribution is 2.26. The second-order valence-corrected chi connectivity index (χ2v) is 6.69. The third-order valence-corrected chi connectivity index (χ3v) is 4.46. The second kappa shape index (κ2) is 8.67. The van der Waals surface area contributed by atoms with Crippen LogP contribution in [-0.4, -0.2) is 17.6 Å². The van der Waals surface area contributed by atoms with Gasteiger partial charge in [0.1, 0.15) is 5.75 Å². The van der Waals surface area contributed by atoms with Crippen molar-refractivity contribution in [1.82, 2.24) is 5.32 Å². The molecule has 8 heteroatoms. The Balaban J connectivity index is 2.02. The van der Waals surface area contributed by atoms with Crippen molar-refractivity contribution in [2.24, 2.45) is 0 Å². The summed E-state index contributed by atoms with van der Waals surface area (Å²) in [5, 5.41) is 6.47. The molecule has 0 heterocycles. The molecule has 0 saturated carbocycles. The van der Waals surface area contributed by atoms with Crippen LogP contribution in [0.4, 0.5) is 5.69 Å². The number of amides is 1. The molecular formula is C16H13BrCl2N2O2S. The quantitative estimate of drug-likeness (QED) is 0.626. The van der Waals surface area contributed by atoms with Gasteiger partial charge in [0.2, 0.25) is 0 Å². The molecule has 1 amide bonds. The largest absolute Gasteiger partial charge is 0.493 e.